The van der Waals surface area contributed by atoms with Crippen molar-refractivity contribution in [2.24, 2.45) is 17.8 Å². The topological polar surface area (TPSA) is 29.5 Å². The van der Waals surface area contributed by atoms with E-state index >= 15 is 0 Å². The largest absolute Gasteiger partial charge is 0.377 e. The van der Waals surface area contributed by atoms with Crippen LogP contribution >= 0.6 is 0 Å². The lowest BCUT2D eigenvalue weighted by atomic mass is 9.96. The second-order valence-electron chi connectivity index (χ2n) is 6.28. The normalized spacial score (nSPS) is 40.6. The highest BCUT2D eigenvalue weighted by atomic mass is 16.5. The van der Waals surface area contributed by atoms with Gasteiger partial charge >= 0.3 is 0 Å². The van der Waals surface area contributed by atoms with E-state index in [4.69, 9.17) is 4.74 Å². The van der Waals surface area contributed by atoms with Crippen molar-refractivity contribution in [2.45, 2.75) is 38.6 Å². The van der Waals surface area contributed by atoms with Crippen LogP contribution in [-0.2, 0) is 9.53 Å². The van der Waals surface area contributed by atoms with E-state index in [2.05, 4.69) is 18.7 Å². The van der Waals surface area contributed by atoms with Crippen LogP contribution in [0.2, 0.25) is 0 Å². The average molecular weight is 223 g/mol. The van der Waals surface area contributed by atoms with Gasteiger partial charge in [-0.25, -0.2) is 0 Å². The molecule has 3 aliphatic rings. The summed E-state index contributed by atoms with van der Waals surface area (Å²) in [6, 6.07) is 0. The third-order valence-electron chi connectivity index (χ3n) is 4.50. The molecule has 1 aliphatic heterocycles. The molecular formula is C13H21NO2. The number of amides is 1. The molecule has 3 heteroatoms. The zero-order valence-corrected chi connectivity index (χ0v) is 10.2. The lowest BCUT2D eigenvalue weighted by Gasteiger charge is -2.43. The van der Waals surface area contributed by atoms with Crippen LogP contribution in [0.3, 0.4) is 0 Å². The Morgan fingerprint density at radius 2 is 1.94 bits per heavy atom. The van der Waals surface area contributed by atoms with E-state index in [1.807, 2.05) is 0 Å². The number of carbonyl (C=O) groups excluding carboxylic acids is 1. The molecule has 1 amide bonds. The van der Waals surface area contributed by atoms with Gasteiger partial charge in [-0.15, -0.1) is 0 Å². The van der Waals surface area contributed by atoms with Crippen LogP contribution in [0.5, 0.6) is 0 Å². The summed E-state index contributed by atoms with van der Waals surface area (Å²) in [7, 11) is 0. The van der Waals surface area contributed by atoms with E-state index in [-0.39, 0.29) is 5.54 Å². The zero-order valence-electron chi connectivity index (χ0n) is 10.2. The maximum absolute atomic E-state index is 12.5. The molecule has 2 saturated carbocycles. The number of rotatable bonds is 1. The lowest BCUT2D eigenvalue weighted by molar-refractivity contribution is -0.150. The van der Waals surface area contributed by atoms with Crippen molar-refractivity contribution in [1.29, 1.82) is 0 Å². The molecule has 0 aromatic rings. The van der Waals surface area contributed by atoms with Crippen molar-refractivity contribution in [3.05, 3.63) is 0 Å². The van der Waals surface area contributed by atoms with E-state index in [0.29, 0.717) is 25.0 Å². The van der Waals surface area contributed by atoms with Gasteiger partial charge in [-0.05, 0) is 44.9 Å². The Labute approximate surface area is 97.1 Å². The van der Waals surface area contributed by atoms with Crippen molar-refractivity contribution < 1.29 is 9.53 Å². The first kappa shape index (κ1) is 10.6. The lowest BCUT2D eigenvalue weighted by Crippen LogP contribution is -2.56. The van der Waals surface area contributed by atoms with Gasteiger partial charge in [0.05, 0.1) is 18.8 Å². The van der Waals surface area contributed by atoms with Crippen LogP contribution in [0.1, 0.15) is 33.1 Å². The Hall–Kier alpha value is -0.570. The molecule has 0 N–H and O–H groups in total. The van der Waals surface area contributed by atoms with Gasteiger partial charge in [0.25, 0.3) is 0 Å². The molecule has 3 rings (SSSR count). The number of hydrogen-bond acceptors (Lipinski definition) is 2. The molecule has 1 saturated heterocycles. The highest BCUT2D eigenvalue weighted by molar-refractivity contribution is 5.80. The van der Waals surface area contributed by atoms with Crippen molar-refractivity contribution in [2.75, 3.05) is 19.8 Å². The summed E-state index contributed by atoms with van der Waals surface area (Å²) in [5, 5.41) is 0. The number of morpholine rings is 1. The Morgan fingerprint density at radius 1 is 1.25 bits per heavy atom. The highest BCUT2D eigenvalue weighted by Crippen LogP contribution is 2.54. The van der Waals surface area contributed by atoms with E-state index in [0.717, 1.165) is 31.2 Å². The SMILES string of the molecule is CC1(C)COCCN1C(=O)C1CC2CC2C1. The Kier molecular flexibility index (Phi) is 2.29. The molecular weight excluding hydrogens is 202 g/mol. The first-order chi connectivity index (χ1) is 7.58. The molecule has 90 valence electrons. The fourth-order valence-corrected chi connectivity index (χ4v) is 3.40. The molecule has 0 aromatic carbocycles. The quantitative estimate of drug-likeness (QED) is 0.676. The van der Waals surface area contributed by atoms with Gasteiger partial charge in [0.15, 0.2) is 0 Å². The number of nitrogens with zero attached hydrogens (tertiary/aromatic N) is 1. The standard InChI is InChI=1S/C13H21NO2/c1-13(2)8-16-4-3-14(13)12(15)11-6-9-5-10(9)7-11/h9-11H,3-8H2,1-2H3. The second-order valence-corrected chi connectivity index (χ2v) is 6.28. The fourth-order valence-electron chi connectivity index (χ4n) is 3.40. The molecule has 0 bridgehead atoms. The number of hydrogen-bond donors (Lipinski definition) is 0. The highest BCUT2D eigenvalue weighted by Gasteiger charge is 2.50. The summed E-state index contributed by atoms with van der Waals surface area (Å²) in [6.07, 6.45) is 3.68. The third-order valence-corrected chi connectivity index (χ3v) is 4.50. The second kappa shape index (κ2) is 3.46. The Morgan fingerprint density at radius 3 is 2.56 bits per heavy atom. The van der Waals surface area contributed by atoms with Gasteiger partial charge in [0, 0.05) is 12.5 Å². The molecule has 2 aliphatic carbocycles. The maximum atomic E-state index is 12.5. The summed E-state index contributed by atoms with van der Waals surface area (Å²) >= 11 is 0. The van der Waals surface area contributed by atoms with Crippen molar-refractivity contribution in [3.8, 4) is 0 Å². The predicted molar refractivity (Wildman–Crippen MR) is 60.9 cm³/mol. The zero-order chi connectivity index (χ0) is 11.3. The minimum absolute atomic E-state index is 0.109. The van der Waals surface area contributed by atoms with E-state index < -0.39 is 0 Å². The minimum atomic E-state index is -0.109. The summed E-state index contributed by atoms with van der Waals surface area (Å²) in [5.74, 6) is 2.48. The molecule has 3 nitrogen and oxygen atoms in total. The van der Waals surface area contributed by atoms with Crippen molar-refractivity contribution in [3.63, 3.8) is 0 Å². The first-order valence-electron chi connectivity index (χ1n) is 6.47. The van der Waals surface area contributed by atoms with Crippen LogP contribution in [-0.4, -0.2) is 36.1 Å². The summed E-state index contributed by atoms with van der Waals surface area (Å²) in [6.45, 7) is 6.38. The molecule has 0 aromatic heterocycles. The van der Waals surface area contributed by atoms with Crippen LogP contribution in [0.15, 0.2) is 0 Å². The van der Waals surface area contributed by atoms with E-state index in [1.54, 1.807) is 0 Å². The van der Waals surface area contributed by atoms with Crippen molar-refractivity contribution in [1.82, 2.24) is 4.90 Å². The maximum Gasteiger partial charge on any atom is 0.226 e. The van der Waals surface area contributed by atoms with Gasteiger partial charge in [0.2, 0.25) is 5.91 Å². The van der Waals surface area contributed by atoms with Gasteiger partial charge in [0.1, 0.15) is 0 Å². The van der Waals surface area contributed by atoms with Gasteiger partial charge in [-0.1, -0.05) is 0 Å². The Balaban J connectivity index is 1.68. The van der Waals surface area contributed by atoms with Crippen LogP contribution in [0, 0.1) is 17.8 Å². The molecule has 16 heavy (non-hydrogen) atoms. The number of carbonyl (C=O) groups is 1. The number of fused-ring (bicyclic) bond motifs is 1. The number of ether oxygens (including phenoxy) is 1. The summed E-state index contributed by atoms with van der Waals surface area (Å²) in [5.41, 5.74) is -0.109. The Bertz CT molecular complexity index is 303. The van der Waals surface area contributed by atoms with Gasteiger partial charge in [-0.3, -0.25) is 4.79 Å². The molecule has 0 radical (unpaired) electrons. The average Bonchev–Trinajstić information content (AvgIpc) is 2.84. The molecule has 3 fully saturated rings. The van der Waals surface area contributed by atoms with E-state index in [9.17, 15) is 4.79 Å². The van der Waals surface area contributed by atoms with Crippen LogP contribution in [0.4, 0.5) is 0 Å². The van der Waals surface area contributed by atoms with Gasteiger partial charge in [-0.2, -0.15) is 0 Å². The van der Waals surface area contributed by atoms with Crippen molar-refractivity contribution >= 4 is 5.91 Å². The summed E-state index contributed by atoms with van der Waals surface area (Å²) < 4.78 is 5.46. The van der Waals surface area contributed by atoms with E-state index in [1.165, 1.54) is 6.42 Å². The molecule has 2 atom stereocenters. The smallest absolute Gasteiger partial charge is 0.226 e. The minimum Gasteiger partial charge on any atom is -0.377 e. The third kappa shape index (κ3) is 1.65. The predicted octanol–water partition coefficient (Wildman–Crippen LogP) is 1.67. The monoisotopic (exact) mass is 223 g/mol. The first-order valence-corrected chi connectivity index (χ1v) is 6.47. The van der Waals surface area contributed by atoms with Gasteiger partial charge < -0.3 is 9.64 Å². The van der Waals surface area contributed by atoms with Crippen LogP contribution < -0.4 is 0 Å². The molecule has 0 spiro atoms. The summed E-state index contributed by atoms with van der Waals surface area (Å²) in [4.78, 5) is 14.5. The van der Waals surface area contributed by atoms with Crippen LogP contribution in [0.25, 0.3) is 0 Å². The molecule has 2 unspecified atom stereocenters. The fraction of sp³-hybridized carbons (Fsp3) is 0.923. The molecule has 1 heterocycles.